The molecule has 2 aromatic rings. The second-order valence-corrected chi connectivity index (χ2v) is 7.28. The Morgan fingerprint density at radius 1 is 1.40 bits per heavy atom. The zero-order valence-corrected chi connectivity index (χ0v) is 15.0. The largest absolute Gasteiger partial charge is 0.376 e. The topological polar surface area (TPSA) is 54.6 Å². The first-order valence-electron chi connectivity index (χ1n) is 8.97. The fraction of sp³-hybridized carbons (Fsp3) is 0.526. The van der Waals surface area contributed by atoms with E-state index in [1.165, 1.54) is 17.7 Å². The van der Waals surface area contributed by atoms with Crippen molar-refractivity contribution in [3.05, 3.63) is 34.5 Å². The number of fused-ring (bicyclic) bond motifs is 3. The highest BCUT2D eigenvalue weighted by Crippen LogP contribution is 2.29. The lowest BCUT2D eigenvalue weighted by molar-refractivity contribution is -0.139. The summed E-state index contributed by atoms with van der Waals surface area (Å²) in [5.41, 5.74) is 3.46. The molecule has 2 aliphatic heterocycles. The molecule has 25 heavy (non-hydrogen) atoms. The smallest absolute Gasteiger partial charge is 0.248 e. The molecule has 0 radical (unpaired) electrons. The zero-order valence-electron chi connectivity index (χ0n) is 14.2. The second-order valence-electron chi connectivity index (χ2n) is 6.84. The van der Waals surface area contributed by atoms with E-state index in [2.05, 4.69) is 4.98 Å². The number of hydrogen-bond acceptors (Lipinski definition) is 3. The first kappa shape index (κ1) is 16.9. The molecular weight excluding hydrogens is 340 g/mol. The van der Waals surface area contributed by atoms with Crippen LogP contribution in [-0.4, -0.2) is 48.3 Å². The van der Waals surface area contributed by atoms with Crippen molar-refractivity contribution in [1.82, 2.24) is 9.88 Å². The number of ether oxygens (including phenoxy) is 2. The van der Waals surface area contributed by atoms with Crippen molar-refractivity contribution in [3.8, 4) is 0 Å². The third-order valence-electron chi connectivity index (χ3n) is 5.09. The molecule has 3 heterocycles. The van der Waals surface area contributed by atoms with Gasteiger partial charge in [-0.15, -0.1) is 0 Å². The molecular formula is C19H23ClN2O3. The van der Waals surface area contributed by atoms with Gasteiger partial charge in [0.2, 0.25) is 5.91 Å². The Labute approximate surface area is 152 Å². The van der Waals surface area contributed by atoms with Crippen molar-refractivity contribution in [1.29, 1.82) is 0 Å². The van der Waals surface area contributed by atoms with E-state index in [-0.39, 0.29) is 18.6 Å². The molecule has 1 N–H and O–H groups in total. The molecule has 1 fully saturated rings. The molecule has 0 aliphatic carbocycles. The number of aromatic amines is 1. The monoisotopic (exact) mass is 362 g/mol. The quantitative estimate of drug-likeness (QED) is 0.908. The van der Waals surface area contributed by atoms with E-state index < -0.39 is 0 Å². The van der Waals surface area contributed by atoms with Crippen molar-refractivity contribution < 1.29 is 14.3 Å². The van der Waals surface area contributed by atoms with Gasteiger partial charge in [-0.3, -0.25) is 4.79 Å². The summed E-state index contributed by atoms with van der Waals surface area (Å²) in [6, 6.07) is 5.85. The summed E-state index contributed by atoms with van der Waals surface area (Å²) < 4.78 is 11.3. The Balaban J connectivity index is 1.37. The highest BCUT2D eigenvalue weighted by molar-refractivity contribution is 6.31. The lowest BCUT2D eigenvalue weighted by Gasteiger charge is -2.28. The molecule has 1 atom stereocenters. The number of amides is 1. The first-order valence-corrected chi connectivity index (χ1v) is 9.34. The average molecular weight is 363 g/mol. The van der Waals surface area contributed by atoms with Gasteiger partial charge in [0.1, 0.15) is 6.61 Å². The molecule has 0 bridgehead atoms. The Morgan fingerprint density at radius 3 is 3.16 bits per heavy atom. The molecule has 6 heteroatoms. The average Bonchev–Trinajstić information content (AvgIpc) is 2.99. The summed E-state index contributed by atoms with van der Waals surface area (Å²) in [4.78, 5) is 17.8. The van der Waals surface area contributed by atoms with Crippen LogP contribution in [0, 0.1) is 0 Å². The number of nitrogens with zero attached hydrogens (tertiary/aromatic N) is 1. The van der Waals surface area contributed by atoms with E-state index in [9.17, 15) is 4.79 Å². The number of halogens is 1. The highest BCUT2D eigenvalue weighted by atomic mass is 35.5. The van der Waals surface area contributed by atoms with Gasteiger partial charge in [0.05, 0.1) is 12.7 Å². The minimum absolute atomic E-state index is 0.0397. The van der Waals surface area contributed by atoms with E-state index in [1.54, 1.807) is 0 Å². The lowest BCUT2D eigenvalue weighted by atomic mass is 10.0. The van der Waals surface area contributed by atoms with Gasteiger partial charge in [0.25, 0.3) is 0 Å². The van der Waals surface area contributed by atoms with Gasteiger partial charge in [0.15, 0.2) is 0 Å². The molecule has 4 rings (SSSR count). The Kier molecular flexibility index (Phi) is 4.97. The molecule has 0 saturated carbocycles. The minimum atomic E-state index is 0.0397. The van der Waals surface area contributed by atoms with Crippen LogP contribution in [0.2, 0.25) is 5.02 Å². The summed E-state index contributed by atoms with van der Waals surface area (Å²) in [5.74, 6) is 0.0397. The molecule has 1 aromatic carbocycles. The normalized spacial score (nSPS) is 20.7. The molecule has 134 valence electrons. The number of benzene rings is 1. The third-order valence-corrected chi connectivity index (χ3v) is 5.33. The Bertz CT molecular complexity index is 767. The van der Waals surface area contributed by atoms with Crippen LogP contribution in [0.15, 0.2) is 18.2 Å². The van der Waals surface area contributed by atoms with Gasteiger partial charge >= 0.3 is 0 Å². The van der Waals surface area contributed by atoms with Crippen LogP contribution >= 0.6 is 11.6 Å². The number of rotatable bonds is 4. The maximum absolute atomic E-state index is 12.5. The van der Waals surface area contributed by atoms with Crippen LogP contribution in [0.1, 0.15) is 30.5 Å². The summed E-state index contributed by atoms with van der Waals surface area (Å²) in [6.07, 6.45) is 4.31. The number of H-pyrrole nitrogens is 1. The van der Waals surface area contributed by atoms with E-state index in [4.69, 9.17) is 21.1 Å². The SMILES string of the molecule is O=C(COC[C@H]1CCCCO1)N1CCc2[nH]c3ccc(Cl)cc3c2C1. The summed E-state index contributed by atoms with van der Waals surface area (Å²) in [5, 5.41) is 1.82. The van der Waals surface area contributed by atoms with Crippen LogP contribution in [0.3, 0.4) is 0 Å². The second kappa shape index (κ2) is 7.36. The highest BCUT2D eigenvalue weighted by Gasteiger charge is 2.24. The predicted molar refractivity (Wildman–Crippen MR) is 96.8 cm³/mol. The summed E-state index contributed by atoms with van der Waals surface area (Å²) in [6.45, 7) is 2.76. The van der Waals surface area contributed by atoms with Crippen molar-refractivity contribution in [2.75, 3.05) is 26.4 Å². The first-order chi connectivity index (χ1) is 12.2. The van der Waals surface area contributed by atoms with E-state index in [0.29, 0.717) is 18.2 Å². The number of nitrogens with one attached hydrogen (secondary N) is 1. The van der Waals surface area contributed by atoms with Gasteiger partial charge < -0.3 is 19.4 Å². The van der Waals surface area contributed by atoms with Crippen LogP contribution in [-0.2, 0) is 27.2 Å². The van der Waals surface area contributed by atoms with Crippen LogP contribution in [0.5, 0.6) is 0 Å². The molecule has 1 aromatic heterocycles. The van der Waals surface area contributed by atoms with Gasteiger partial charge in [-0.2, -0.15) is 0 Å². The van der Waals surface area contributed by atoms with Crippen molar-refractivity contribution in [2.24, 2.45) is 0 Å². The fourth-order valence-corrected chi connectivity index (χ4v) is 3.88. The van der Waals surface area contributed by atoms with E-state index >= 15 is 0 Å². The van der Waals surface area contributed by atoms with Crippen LogP contribution < -0.4 is 0 Å². The lowest BCUT2D eigenvalue weighted by Crippen LogP contribution is -2.38. The molecule has 2 aliphatic rings. The molecule has 1 amide bonds. The predicted octanol–water partition coefficient (Wildman–Crippen LogP) is 3.29. The molecule has 5 nitrogen and oxygen atoms in total. The third kappa shape index (κ3) is 3.68. The number of carbonyl (C=O) groups is 1. The van der Waals surface area contributed by atoms with Gasteiger partial charge in [0, 0.05) is 53.3 Å². The molecule has 0 spiro atoms. The maximum Gasteiger partial charge on any atom is 0.248 e. The van der Waals surface area contributed by atoms with E-state index in [0.717, 1.165) is 43.3 Å². The van der Waals surface area contributed by atoms with Gasteiger partial charge in [-0.1, -0.05) is 11.6 Å². The van der Waals surface area contributed by atoms with Crippen LogP contribution in [0.4, 0.5) is 0 Å². The van der Waals surface area contributed by atoms with Crippen molar-refractivity contribution in [2.45, 2.75) is 38.3 Å². The fourth-order valence-electron chi connectivity index (χ4n) is 3.71. The van der Waals surface area contributed by atoms with Gasteiger partial charge in [-0.05, 0) is 37.5 Å². The van der Waals surface area contributed by atoms with Gasteiger partial charge in [-0.25, -0.2) is 0 Å². The Hall–Kier alpha value is -1.56. The number of aromatic nitrogens is 1. The minimum Gasteiger partial charge on any atom is -0.376 e. The zero-order chi connectivity index (χ0) is 17.2. The number of carbonyl (C=O) groups excluding carboxylic acids is 1. The standard InChI is InChI=1S/C19H23ClN2O3/c20-13-4-5-17-15(9-13)16-10-22(7-6-18(16)21-17)19(23)12-24-11-14-3-1-2-8-25-14/h4-5,9,14,21H,1-3,6-8,10-12H2/t14-/m1/s1. The van der Waals surface area contributed by atoms with E-state index in [1.807, 2.05) is 23.1 Å². The van der Waals surface area contributed by atoms with Crippen molar-refractivity contribution >= 4 is 28.4 Å². The maximum atomic E-state index is 12.5. The Morgan fingerprint density at radius 2 is 2.32 bits per heavy atom. The summed E-state index contributed by atoms with van der Waals surface area (Å²) >= 11 is 6.13. The number of hydrogen-bond donors (Lipinski definition) is 1. The van der Waals surface area contributed by atoms with Crippen LogP contribution in [0.25, 0.3) is 10.9 Å². The summed E-state index contributed by atoms with van der Waals surface area (Å²) in [7, 11) is 0. The molecule has 1 saturated heterocycles. The molecule has 0 unspecified atom stereocenters. The van der Waals surface area contributed by atoms with Crippen molar-refractivity contribution in [3.63, 3.8) is 0 Å².